The summed E-state index contributed by atoms with van der Waals surface area (Å²) >= 11 is 0. The van der Waals surface area contributed by atoms with E-state index in [0.29, 0.717) is 5.57 Å². The molecule has 6 nitrogen and oxygen atoms in total. The van der Waals surface area contributed by atoms with Crippen LogP contribution in [0.1, 0.15) is 56.1 Å². The molecule has 2 aromatic rings. The number of hydrogen-bond acceptors (Lipinski definition) is 4. The fourth-order valence-corrected chi connectivity index (χ4v) is 5.85. The zero-order valence-corrected chi connectivity index (χ0v) is 21.5. The molecule has 0 aromatic heterocycles. The van der Waals surface area contributed by atoms with Crippen LogP contribution in [0.4, 0.5) is 11.4 Å². The summed E-state index contributed by atoms with van der Waals surface area (Å²) < 4.78 is 1.96. The van der Waals surface area contributed by atoms with Gasteiger partial charge in [-0.25, -0.2) is 4.79 Å². The Kier molecular flexibility index (Phi) is 5.15. The molecule has 5 rings (SSSR count). The number of allylic oxidation sites excluding steroid dienone is 5. The van der Waals surface area contributed by atoms with Crippen molar-refractivity contribution in [1.29, 1.82) is 0 Å². The van der Waals surface area contributed by atoms with Crippen LogP contribution in [0.25, 0.3) is 0 Å². The number of carboxylic acids is 1. The summed E-state index contributed by atoms with van der Waals surface area (Å²) in [7, 11) is 1.89. The van der Waals surface area contributed by atoms with E-state index in [1.807, 2.05) is 43.7 Å². The third-order valence-electron chi connectivity index (χ3n) is 7.96. The molecule has 2 heterocycles. The number of aromatic carboxylic acids is 1. The lowest BCUT2D eigenvalue weighted by atomic mass is 9.77. The standard InChI is InChI=1S/C30H30N2O4/c1-7-32-23-11-9-8-10-20(23)29(2,3)25(32)16-19-26(33)18(27(19)34)15-24-30(4,5)21-14-17(28(35)36)12-13-22(21)31(24)6/h8-16H,7H2,1-6H3,(H-,33,34,35,36)/p+1. The molecule has 1 aliphatic carbocycles. The zero-order valence-electron chi connectivity index (χ0n) is 21.5. The molecule has 184 valence electrons. The Morgan fingerprint density at radius 3 is 2.36 bits per heavy atom. The van der Waals surface area contributed by atoms with E-state index in [-0.39, 0.29) is 28.1 Å². The number of para-hydroxylation sites is 1. The van der Waals surface area contributed by atoms with Gasteiger partial charge in [-0.05, 0) is 50.6 Å². The van der Waals surface area contributed by atoms with Crippen LogP contribution >= 0.6 is 0 Å². The van der Waals surface area contributed by atoms with Crippen molar-refractivity contribution in [2.45, 2.75) is 45.4 Å². The predicted molar refractivity (Wildman–Crippen MR) is 141 cm³/mol. The van der Waals surface area contributed by atoms with E-state index < -0.39 is 11.4 Å². The number of nitrogens with zero attached hydrogens (tertiary/aromatic N) is 2. The number of likely N-dealkylation sites (N-methyl/N-ethyl adjacent to an activating group) is 1. The summed E-state index contributed by atoms with van der Waals surface area (Å²) in [6, 6.07) is 13.3. The molecule has 0 atom stereocenters. The number of aliphatic hydroxyl groups excluding tert-OH is 1. The van der Waals surface area contributed by atoms with E-state index in [9.17, 15) is 19.8 Å². The Balaban J connectivity index is 1.55. The average Bonchev–Trinajstić information content (AvgIpc) is 3.18. The Bertz CT molecular complexity index is 1480. The Morgan fingerprint density at radius 1 is 1.03 bits per heavy atom. The number of hydrogen-bond donors (Lipinski definition) is 2. The van der Waals surface area contributed by atoms with Crippen molar-refractivity contribution in [1.82, 2.24) is 0 Å². The van der Waals surface area contributed by atoms with Gasteiger partial charge in [-0.3, -0.25) is 4.79 Å². The summed E-state index contributed by atoms with van der Waals surface area (Å²) in [6.45, 7) is 11.1. The first kappa shape index (κ1) is 23.8. The van der Waals surface area contributed by atoms with Gasteiger partial charge in [0.25, 0.3) is 0 Å². The normalized spacial score (nSPS) is 21.8. The number of ketones is 1. The van der Waals surface area contributed by atoms with E-state index >= 15 is 0 Å². The summed E-state index contributed by atoms with van der Waals surface area (Å²) in [5.74, 6) is -1.18. The second-order valence-electron chi connectivity index (χ2n) is 10.7. The number of carbonyl (C=O) groups is 2. The Labute approximate surface area is 211 Å². The second-order valence-corrected chi connectivity index (χ2v) is 10.7. The van der Waals surface area contributed by atoms with Crippen LogP contribution in [-0.2, 0) is 15.6 Å². The Hall–Kier alpha value is -3.93. The topological polar surface area (TPSA) is 80.8 Å². The fraction of sp³-hybridized carbons (Fsp3) is 0.300. The van der Waals surface area contributed by atoms with Crippen LogP contribution in [0.5, 0.6) is 0 Å². The smallest absolute Gasteiger partial charge is 0.335 e. The number of benzene rings is 2. The number of aliphatic hydroxyl groups is 1. The van der Waals surface area contributed by atoms with E-state index in [4.69, 9.17) is 0 Å². The quantitative estimate of drug-likeness (QED) is 0.449. The highest BCUT2D eigenvalue weighted by Gasteiger charge is 2.46. The maximum absolute atomic E-state index is 13.3. The van der Waals surface area contributed by atoms with E-state index in [1.165, 1.54) is 5.56 Å². The van der Waals surface area contributed by atoms with Crippen LogP contribution in [0.2, 0.25) is 0 Å². The number of rotatable bonds is 4. The van der Waals surface area contributed by atoms with E-state index in [2.05, 4.69) is 37.8 Å². The molecule has 0 spiro atoms. The molecule has 0 bridgehead atoms. The van der Waals surface area contributed by atoms with Gasteiger partial charge in [-0.1, -0.05) is 32.0 Å². The predicted octanol–water partition coefficient (Wildman–Crippen LogP) is 5.41. The maximum Gasteiger partial charge on any atom is 0.335 e. The molecule has 0 fully saturated rings. The second kappa shape index (κ2) is 7.79. The van der Waals surface area contributed by atoms with Crippen molar-refractivity contribution in [2.24, 2.45) is 0 Å². The highest BCUT2D eigenvalue weighted by molar-refractivity contribution is 6.24. The van der Waals surface area contributed by atoms with Crippen LogP contribution in [0.15, 0.2) is 77.2 Å². The van der Waals surface area contributed by atoms with Gasteiger partial charge in [0.1, 0.15) is 12.8 Å². The van der Waals surface area contributed by atoms with Gasteiger partial charge in [-0.2, -0.15) is 4.58 Å². The summed E-state index contributed by atoms with van der Waals surface area (Å²) in [5.41, 5.74) is 5.88. The molecule has 0 unspecified atom stereocenters. The minimum absolute atomic E-state index is 0.00538. The lowest BCUT2D eigenvalue weighted by Gasteiger charge is -2.28. The molecule has 36 heavy (non-hydrogen) atoms. The third-order valence-corrected chi connectivity index (χ3v) is 7.96. The fourth-order valence-electron chi connectivity index (χ4n) is 5.85. The van der Waals surface area contributed by atoms with Gasteiger partial charge in [0.05, 0.1) is 22.1 Å². The first-order valence-electron chi connectivity index (χ1n) is 12.2. The molecule has 0 radical (unpaired) electrons. The molecular weight excluding hydrogens is 452 g/mol. The van der Waals surface area contributed by atoms with Crippen molar-refractivity contribution >= 4 is 28.8 Å². The minimum atomic E-state index is -0.978. The number of carbonyl (C=O) groups excluding carboxylic acids is 1. The molecule has 0 saturated carbocycles. The largest absolute Gasteiger partial charge is 0.506 e. The summed E-state index contributed by atoms with van der Waals surface area (Å²) in [6.07, 6.45) is 3.58. The van der Waals surface area contributed by atoms with Crippen molar-refractivity contribution in [3.8, 4) is 0 Å². The third kappa shape index (κ3) is 3.13. The highest BCUT2D eigenvalue weighted by atomic mass is 16.4. The molecule has 6 heteroatoms. The maximum atomic E-state index is 13.3. The molecular formula is C30H31N2O4+. The molecule has 3 aliphatic rings. The van der Waals surface area contributed by atoms with Crippen molar-refractivity contribution in [2.75, 3.05) is 18.5 Å². The van der Waals surface area contributed by atoms with Gasteiger partial charge < -0.3 is 15.1 Å². The zero-order chi connectivity index (χ0) is 26.2. The highest BCUT2D eigenvalue weighted by Crippen LogP contribution is 2.49. The monoisotopic (exact) mass is 483 g/mol. The molecule has 0 saturated heterocycles. The van der Waals surface area contributed by atoms with Crippen molar-refractivity contribution in [3.05, 3.63) is 93.9 Å². The van der Waals surface area contributed by atoms with Gasteiger partial charge in [0.2, 0.25) is 11.5 Å². The summed E-state index contributed by atoms with van der Waals surface area (Å²) in [4.78, 5) is 27.0. The molecule has 2 aromatic carbocycles. The van der Waals surface area contributed by atoms with Crippen molar-refractivity contribution < 1.29 is 24.4 Å². The van der Waals surface area contributed by atoms with Crippen molar-refractivity contribution in [3.63, 3.8) is 0 Å². The Morgan fingerprint density at radius 2 is 1.72 bits per heavy atom. The van der Waals surface area contributed by atoms with Gasteiger partial charge in [0.15, 0.2) is 5.71 Å². The molecule has 2 aliphatic heterocycles. The number of Topliss-reactive ketones (excluding diaryl/α,β-unsaturated/α-hetero) is 1. The first-order chi connectivity index (χ1) is 16.9. The lowest BCUT2D eigenvalue weighted by molar-refractivity contribution is -0.401. The van der Waals surface area contributed by atoms with Crippen LogP contribution in [0, 0.1) is 0 Å². The first-order valence-corrected chi connectivity index (χ1v) is 12.2. The number of anilines is 1. The lowest BCUT2D eigenvalue weighted by Crippen LogP contribution is -2.31. The molecule has 2 N–H and O–H groups in total. The average molecular weight is 484 g/mol. The van der Waals surface area contributed by atoms with E-state index in [1.54, 1.807) is 24.3 Å². The van der Waals surface area contributed by atoms with Gasteiger partial charge in [-0.15, -0.1) is 0 Å². The minimum Gasteiger partial charge on any atom is -0.506 e. The number of fused-ring (bicyclic) bond motifs is 2. The van der Waals surface area contributed by atoms with Crippen LogP contribution in [0.3, 0.4) is 0 Å². The summed E-state index contributed by atoms with van der Waals surface area (Å²) in [5, 5.41) is 20.4. The number of carboxylic acid groups (broad SMARTS) is 1. The molecule has 0 amide bonds. The van der Waals surface area contributed by atoms with Crippen LogP contribution in [-0.4, -0.2) is 45.8 Å². The SMILES string of the molecule is CCN1/C(=C/C2=C(O)C(=C\C3=[N+](C)c4ccc(C(=O)O)cc4C3(C)C)/C2=O)C(C)(C)c2ccccc21. The van der Waals surface area contributed by atoms with Gasteiger partial charge in [0, 0.05) is 41.1 Å². The van der Waals surface area contributed by atoms with Gasteiger partial charge >= 0.3 is 5.97 Å². The van der Waals surface area contributed by atoms with Crippen LogP contribution < -0.4 is 4.90 Å². The van der Waals surface area contributed by atoms with E-state index in [0.717, 1.165) is 34.9 Å².